The minimum Gasteiger partial charge on any atom is -0.356 e. The second-order valence-corrected chi connectivity index (χ2v) is 7.52. The zero-order valence-corrected chi connectivity index (χ0v) is 14.4. The molecule has 124 valence electrons. The van der Waals surface area contributed by atoms with E-state index in [1.54, 1.807) is 0 Å². The third kappa shape index (κ3) is 6.37. The van der Waals surface area contributed by atoms with Crippen molar-refractivity contribution in [1.29, 1.82) is 0 Å². The van der Waals surface area contributed by atoms with E-state index in [1.165, 1.54) is 25.7 Å². The zero-order chi connectivity index (χ0) is 15.7. The Bertz CT molecular complexity index is 294. The van der Waals surface area contributed by atoms with Gasteiger partial charge in [0.1, 0.15) is 0 Å². The average molecular weight is 296 g/mol. The highest BCUT2D eigenvalue weighted by Crippen LogP contribution is 2.38. The molecule has 1 fully saturated rings. The predicted octanol–water partition coefficient (Wildman–Crippen LogP) is 3.86. The number of amides is 1. The van der Waals surface area contributed by atoms with Crippen molar-refractivity contribution in [3.8, 4) is 0 Å². The fourth-order valence-corrected chi connectivity index (χ4v) is 3.26. The molecule has 0 spiro atoms. The van der Waals surface area contributed by atoms with Crippen molar-refractivity contribution in [2.24, 2.45) is 23.0 Å². The van der Waals surface area contributed by atoms with E-state index in [0.717, 1.165) is 50.5 Å². The maximum Gasteiger partial charge on any atom is 0.227 e. The molecule has 3 N–H and O–H groups in total. The highest BCUT2D eigenvalue weighted by atomic mass is 16.2. The van der Waals surface area contributed by atoms with E-state index in [1.807, 2.05) is 0 Å². The summed E-state index contributed by atoms with van der Waals surface area (Å²) in [6, 6.07) is 0. The van der Waals surface area contributed by atoms with Crippen molar-refractivity contribution in [1.82, 2.24) is 5.32 Å². The van der Waals surface area contributed by atoms with E-state index >= 15 is 0 Å². The van der Waals surface area contributed by atoms with E-state index in [2.05, 4.69) is 26.1 Å². The number of hydrogen-bond acceptors (Lipinski definition) is 2. The molecule has 0 aromatic heterocycles. The summed E-state index contributed by atoms with van der Waals surface area (Å²) in [5, 5.41) is 3.14. The molecule has 1 saturated carbocycles. The number of carbonyl (C=O) groups is 1. The van der Waals surface area contributed by atoms with E-state index in [9.17, 15) is 4.79 Å². The molecule has 1 aliphatic rings. The van der Waals surface area contributed by atoms with Crippen LogP contribution in [0.5, 0.6) is 0 Å². The largest absolute Gasteiger partial charge is 0.356 e. The molecular weight excluding hydrogens is 260 g/mol. The molecule has 0 saturated heterocycles. The number of carbonyl (C=O) groups excluding carboxylic acids is 1. The molecule has 0 aliphatic heterocycles. The molecule has 0 bridgehead atoms. The monoisotopic (exact) mass is 296 g/mol. The van der Waals surface area contributed by atoms with Gasteiger partial charge in [-0.25, -0.2) is 0 Å². The Morgan fingerprint density at radius 3 is 2.38 bits per heavy atom. The number of rotatable bonds is 9. The molecule has 3 nitrogen and oxygen atoms in total. The van der Waals surface area contributed by atoms with E-state index < -0.39 is 0 Å². The summed E-state index contributed by atoms with van der Waals surface area (Å²) in [7, 11) is 0. The van der Waals surface area contributed by atoms with Crippen molar-refractivity contribution in [3.05, 3.63) is 0 Å². The average Bonchev–Trinajstić information content (AvgIpc) is 2.47. The second-order valence-electron chi connectivity index (χ2n) is 7.52. The normalized spacial score (nSPS) is 26.0. The van der Waals surface area contributed by atoms with Crippen LogP contribution in [0.4, 0.5) is 0 Å². The Morgan fingerprint density at radius 1 is 1.19 bits per heavy atom. The van der Waals surface area contributed by atoms with Crippen LogP contribution in [0.3, 0.4) is 0 Å². The minimum atomic E-state index is -0.274. The molecule has 1 aliphatic carbocycles. The molecule has 1 rings (SSSR count). The van der Waals surface area contributed by atoms with Crippen molar-refractivity contribution in [2.45, 2.75) is 78.6 Å². The topological polar surface area (TPSA) is 55.1 Å². The molecule has 0 unspecified atom stereocenters. The summed E-state index contributed by atoms with van der Waals surface area (Å²) in [6.45, 7) is 8.14. The first-order valence-electron chi connectivity index (χ1n) is 8.98. The Labute approximate surface area is 131 Å². The van der Waals surface area contributed by atoms with Gasteiger partial charge in [-0.2, -0.15) is 0 Å². The van der Waals surface area contributed by atoms with Gasteiger partial charge in [-0.1, -0.05) is 46.5 Å². The van der Waals surface area contributed by atoms with Gasteiger partial charge < -0.3 is 11.1 Å². The summed E-state index contributed by atoms with van der Waals surface area (Å²) >= 11 is 0. The van der Waals surface area contributed by atoms with Crippen LogP contribution in [0.2, 0.25) is 0 Å². The highest BCUT2D eigenvalue weighted by molar-refractivity contribution is 5.83. The van der Waals surface area contributed by atoms with Crippen molar-refractivity contribution < 1.29 is 4.79 Å². The number of unbranched alkanes of at least 4 members (excludes halogenated alkanes) is 3. The van der Waals surface area contributed by atoms with Gasteiger partial charge in [0.2, 0.25) is 5.91 Å². The zero-order valence-electron chi connectivity index (χ0n) is 14.4. The van der Waals surface area contributed by atoms with Gasteiger partial charge in [-0.15, -0.1) is 0 Å². The SMILES string of the molecule is CC(C)CCCCCCNC(=O)C1(CN)CCC(C)CC1. The minimum absolute atomic E-state index is 0.207. The summed E-state index contributed by atoms with van der Waals surface area (Å²) in [5.41, 5.74) is 5.65. The van der Waals surface area contributed by atoms with Gasteiger partial charge in [-0.05, 0) is 43.9 Å². The quantitative estimate of drug-likeness (QED) is 0.635. The molecular formula is C18H36N2O. The van der Waals surface area contributed by atoms with Gasteiger partial charge in [0.05, 0.1) is 5.41 Å². The van der Waals surface area contributed by atoms with E-state index in [0.29, 0.717) is 6.54 Å². The lowest BCUT2D eigenvalue weighted by Crippen LogP contribution is -2.48. The first-order valence-corrected chi connectivity index (χ1v) is 8.98. The molecule has 3 heteroatoms. The van der Waals surface area contributed by atoms with E-state index in [4.69, 9.17) is 5.73 Å². The van der Waals surface area contributed by atoms with E-state index in [-0.39, 0.29) is 11.3 Å². The van der Waals surface area contributed by atoms with Crippen LogP contribution in [-0.2, 0) is 4.79 Å². The van der Waals surface area contributed by atoms with Gasteiger partial charge in [0.25, 0.3) is 0 Å². The van der Waals surface area contributed by atoms with Gasteiger partial charge in [0, 0.05) is 13.1 Å². The van der Waals surface area contributed by atoms with Crippen LogP contribution in [-0.4, -0.2) is 19.0 Å². The Balaban J connectivity index is 2.17. The maximum absolute atomic E-state index is 12.4. The number of nitrogens with two attached hydrogens (primary N) is 1. The number of nitrogens with one attached hydrogen (secondary N) is 1. The standard InChI is InChI=1S/C18H36N2O/c1-15(2)8-6-4-5-7-13-20-17(21)18(14-19)11-9-16(3)10-12-18/h15-16H,4-14,19H2,1-3H3,(H,20,21). The fourth-order valence-electron chi connectivity index (χ4n) is 3.26. The molecule has 0 aromatic rings. The van der Waals surface area contributed by atoms with Crippen LogP contribution >= 0.6 is 0 Å². The predicted molar refractivity (Wildman–Crippen MR) is 90.1 cm³/mol. The van der Waals surface area contributed by atoms with Crippen molar-refractivity contribution in [3.63, 3.8) is 0 Å². The summed E-state index contributed by atoms with van der Waals surface area (Å²) in [5.74, 6) is 1.76. The first-order chi connectivity index (χ1) is 10.00. The summed E-state index contributed by atoms with van der Waals surface area (Å²) < 4.78 is 0. The summed E-state index contributed by atoms with van der Waals surface area (Å²) in [4.78, 5) is 12.4. The fraction of sp³-hybridized carbons (Fsp3) is 0.944. The van der Waals surface area contributed by atoms with Crippen LogP contribution in [0.25, 0.3) is 0 Å². The van der Waals surface area contributed by atoms with Gasteiger partial charge in [0.15, 0.2) is 0 Å². The van der Waals surface area contributed by atoms with Crippen LogP contribution in [0.1, 0.15) is 78.6 Å². The third-order valence-electron chi connectivity index (χ3n) is 5.10. The molecule has 21 heavy (non-hydrogen) atoms. The lowest BCUT2D eigenvalue weighted by molar-refractivity contribution is -0.132. The van der Waals surface area contributed by atoms with Gasteiger partial charge in [-0.3, -0.25) is 4.79 Å². The molecule has 0 atom stereocenters. The molecule has 0 heterocycles. The van der Waals surface area contributed by atoms with Crippen molar-refractivity contribution >= 4 is 5.91 Å². The Morgan fingerprint density at radius 2 is 1.81 bits per heavy atom. The molecule has 0 radical (unpaired) electrons. The van der Waals surface area contributed by atoms with Crippen LogP contribution in [0.15, 0.2) is 0 Å². The molecule has 1 amide bonds. The number of hydrogen-bond donors (Lipinski definition) is 2. The lowest BCUT2D eigenvalue weighted by Gasteiger charge is -2.37. The van der Waals surface area contributed by atoms with Crippen molar-refractivity contribution in [2.75, 3.05) is 13.1 Å². The highest BCUT2D eigenvalue weighted by Gasteiger charge is 2.39. The smallest absolute Gasteiger partial charge is 0.227 e. The summed E-state index contributed by atoms with van der Waals surface area (Å²) in [6.07, 6.45) is 10.4. The van der Waals surface area contributed by atoms with Crippen LogP contribution < -0.4 is 11.1 Å². The third-order valence-corrected chi connectivity index (χ3v) is 5.10. The second kappa shape index (κ2) is 9.45. The Hall–Kier alpha value is -0.570. The van der Waals surface area contributed by atoms with Crippen LogP contribution in [0, 0.1) is 17.3 Å². The van der Waals surface area contributed by atoms with Gasteiger partial charge >= 0.3 is 0 Å². The maximum atomic E-state index is 12.4. The Kier molecular flexibility index (Phi) is 8.31. The first kappa shape index (κ1) is 18.5. The molecule has 0 aromatic carbocycles. The lowest BCUT2D eigenvalue weighted by atomic mass is 9.70.